The first kappa shape index (κ1) is 25.6. The van der Waals surface area contributed by atoms with Crippen LogP contribution in [0.4, 0.5) is 8.78 Å². The molecule has 2 fully saturated rings. The third-order valence-electron chi connectivity index (χ3n) is 5.74. The molecule has 1 aliphatic heterocycles. The van der Waals surface area contributed by atoms with Gasteiger partial charge in [-0.25, -0.2) is 4.99 Å². The molecular formula is C22H33F2IN4O2. The molecule has 1 aromatic rings. The van der Waals surface area contributed by atoms with Gasteiger partial charge in [0, 0.05) is 37.2 Å². The van der Waals surface area contributed by atoms with Crippen LogP contribution < -0.4 is 15.4 Å². The van der Waals surface area contributed by atoms with Crippen LogP contribution in [0, 0.1) is 5.92 Å². The number of hydrogen-bond acceptors (Lipinski definition) is 3. The SMILES string of the molecule is CCNC(=NCc1ccccc1OC(F)F)NC1CCN(C(=O)C2CCCCC2)C1.I. The number of likely N-dealkylation sites (tertiary alicyclic amines) is 1. The third kappa shape index (κ3) is 7.76. The zero-order valence-corrected chi connectivity index (χ0v) is 20.3. The van der Waals surface area contributed by atoms with Crippen LogP contribution >= 0.6 is 24.0 Å². The summed E-state index contributed by atoms with van der Waals surface area (Å²) < 4.78 is 29.8. The Kier molecular flexibility index (Phi) is 10.8. The summed E-state index contributed by atoms with van der Waals surface area (Å²) in [5.74, 6) is 1.23. The van der Waals surface area contributed by atoms with Crippen LogP contribution in [0.25, 0.3) is 0 Å². The van der Waals surface area contributed by atoms with E-state index in [1.54, 1.807) is 18.2 Å². The summed E-state index contributed by atoms with van der Waals surface area (Å²) in [6.45, 7) is 1.43. The Morgan fingerprint density at radius 3 is 2.68 bits per heavy atom. The van der Waals surface area contributed by atoms with Crippen LogP contribution in [0.1, 0.15) is 51.0 Å². The molecule has 1 saturated carbocycles. The molecule has 0 aromatic heterocycles. The average molecular weight is 550 g/mol. The number of carbonyl (C=O) groups excluding carboxylic acids is 1. The van der Waals surface area contributed by atoms with Crippen molar-refractivity contribution in [2.45, 2.75) is 64.6 Å². The van der Waals surface area contributed by atoms with Gasteiger partial charge in [0.1, 0.15) is 5.75 Å². The van der Waals surface area contributed by atoms with Crippen molar-refractivity contribution in [3.63, 3.8) is 0 Å². The highest BCUT2D eigenvalue weighted by atomic mass is 127. The summed E-state index contributed by atoms with van der Waals surface area (Å²) in [7, 11) is 0. The van der Waals surface area contributed by atoms with Crippen molar-refractivity contribution >= 4 is 35.8 Å². The number of nitrogens with one attached hydrogen (secondary N) is 2. The first-order valence-electron chi connectivity index (χ1n) is 10.9. The van der Waals surface area contributed by atoms with Gasteiger partial charge in [-0.1, -0.05) is 37.5 Å². The normalized spacial score (nSPS) is 19.8. The Hall–Kier alpha value is -1.65. The Morgan fingerprint density at radius 2 is 1.97 bits per heavy atom. The summed E-state index contributed by atoms with van der Waals surface area (Å²) >= 11 is 0. The van der Waals surface area contributed by atoms with Gasteiger partial charge in [-0.2, -0.15) is 8.78 Å². The van der Waals surface area contributed by atoms with Gasteiger partial charge in [-0.3, -0.25) is 4.79 Å². The molecule has 1 saturated heterocycles. The standard InChI is InChI=1S/C22H32F2N4O2.HI/c1-2-25-22(26-14-17-10-6-7-11-19(17)30-21(23)24)27-18-12-13-28(15-18)20(29)16-8-4-3-5-9-16;/h6-7,10-11,16,18,21H,2-5,8-9,12-15H2,1H3,(H2,25,26,27);1H. The fraction of sp³-hybridized carbons (Fsp3) is 0.636. The van der Waals surface area contributed by atoms with Crippen molar-refractivity contribution in [1.82, 2.24) is 15.5 Å². The number of para-hydroxylation sites is 1. The van der Waals surface area contributed by atoms with E-state index in [9.17, 15) is 13.6 Å². The van der Waals surface area contributed by atoms with E-state index in [0.717, 1.165) is 38.6 Å². The minimum atomic E-state index is -2.87. The van der Waals surface area contributed by atoms with E-state index >= 15 is 0 Å². The number of benzene rings is 1. The number of rotatable bonds is 7. The lowest BCUT2D eigenvalue weighted by molar-refractivity contribution is -0.135. The van der Waals surface area contributed by atoms with Gasteiger partial charge in [0.25, 0.3) is 0 Å². The molecule has 2 N–H and O–H groups in total. The summed E-state index contributed by atoms with van der Waals surface area (Å²) in [5.41, 5.74) is 0.593. The molecule has 1 atom stereocenters. The zero-order valence-electron chi connectivity index (χ0n) is 18.0. The zero-order chi connectivity index (χ0) is 21.3. The Bertz CT molecular complexity index is 729. The summed E-state index contributed by atoms with van der Waals surface area (Å²) in [6.07, 6.45) is 6.44. The van der Waals surface area contributed by atoms with E-state index in [2.05, 4.69) is 20.4 Å². The fourth-order valence-corrected chi connectivity index (χ4v) is 4.21. The summed E-state index contributed by atoms with van der Waals surface area (Å²) in [4.78, 5) is 19.3. The quantitative estimate of drug-likeness (QED) is 0.305. The maximum Gasteiger partial charge on any atom is 0.387 e. The van der Waals surface area contributed by atoms with Crippen LogP contribution in [-0.4, -0.2) is 49.1 Å². The highest BCUT2D eigenvalue weighted by Gasteiger charge is 2.31. The Balaban J connectivity index is 0.00000341. The predicted molar refractivity (Wildman–Crippen MR) is 128 cm³/mol. The molecule has 1 aromatic carbocycles. The van der Waals surface area contributed by atoms with E-state index in [1.807, 2.05) is 11.8 Å². The number of aliphatic imine (C=N–C) groups is 1. The van der Waals surface area contributed by atoms with Gasteiger partial charge in [0.05, 0.1) is 6.54 Å². The lowest BCUT2D eigenvalue weighted by Gasteiger charge is -2.26. The third-order valence-corrected chi connectivity index (χ3v) is 5.74. The molecule has 0 spiro atoms. The van der Waals surface area contributed by atoms with Gasteiger partial charge in [-0.15, -0.1) is 24.0 Å². The van der Waals surface area contributed by atoms with Crippen LogP contribution in [0.15, 0.2) is 29.3 Å². The molecule has 9 heteroatoms. The van der Waals surface area contributed by atoms with Crippen LogP contribution in [-0.2, 0) is 11.3 Å². The van der Waals surface area contributed by atoms with E-state index < -0.39 is 6.61 Å². The van der Waals surface area contributed by atoms with Crippen molar-refractivity contribution in [2.75, 3.05) is 19.6 Å². The topological polar surface area (TPSA) is 66.0 Å². The maximum absolute atomic E-state index is 12.8. The van der Waals surface area contributed by atoms with Gasteiger partial charge < -0.3 is 20.3 Å². The number of carbonyl (C=O) groups is 1. The smallest absolute Gasteiger partial charge is 0.387 e. The largest absolute Gasteiger partial charge is 0.434 e. The minimum Gasteiger partial charge on any atom is -0.434 e. The molecule has 2 aliphatic rings. The maximum atomic E-state index is 12.8. The lowest BCUT2D eigenvalue weighted by atomic mass is 9.88. The molecule has 3 rings (SSSR count). The number of guanidine groups is 1. The van der Waals surface area contributed by atoms with E-state index in [-0.39, 0.29) is 48.2 Å². The molecule has 31 heavy (non-hydrogen) atoms. The fourth-order valence-electron chi connectivity index (χ4n) is 4.21. The number of alkyl halides is 2. The molecular weight excluding hydrogens is 517 g/mol. The summed E-state index contributed by atoms with van der Waals surface area (Å²) in [5, 5.41) is 6.59. The van der Waals surface area contributed by atoms with Crippen molar-refractivity contribution in [3.05, 3.63) is 29.8 Å². The molecule has 1 aliphatic carbocycles. The first-order valence-corrected chi connectivity index (χ1v) is 10.9. The molecule has 0 bridgehead atoms. The Labute approximate surface area is 200 Å². The van der Waals surface area contributed by atoms with Crippen LogP contribution in [0.5, 0.6) is 5.75 Å². The van der Waals surface area contributed by atoms with Gasteiger partial charge in [0.2, 0.25) is 5.91 Å². The minimum absolute atomic E-state index is 0. The molecule has 1 amide bonds. The number of nitrogens with zero attached hydrogens (tertiary/aromatic N) is 2. The number of halogens is 3. The van der Waals surface area contributed by atoms with Crippen molar-refractivity contribution < 1.29 is 18.3 Å². The number of ether oxygens (including phenoxy) is 1. The van der Waals surface area contributed by atoms with Crippen molar-refractivity contribution in [2.24, 2.45) is 10.9 Å². The van der Waals surface area contributed by atoms with Gasteiger partial charge in [-0.05, 0) is 32.3 Å². The highest BCUT2D eigenvalue weighted by Crippen LogP contribution is 2.27. The second-order valence-electron chi connectivity index (χ2n) is 7.93. The lowest BCUT2D eigenvalue weighted by Crippen LogP contribution is -2.45. The number of amides is 1. The Morgan fingerprint density at radius 1 is 1.23 bits per heavy atom. The molecule has 6 nitrogen and oxygen atoms in total. The molecule has 174 valence electrons. The van der Waals surface area contributed by atoms with E-state index in [0.29, 0.717) is 30.5 Å². The van der Waals surface area contributed by atoms with Crippen molar-refractivity contribution in [3.8, 4) is 5.75 Å². The van der Waals surface area contributed by atoms with Gasteiger partial charge in [0.15, 0.2) is 5.96 Å². The second kappa shape index (κ2) is 13.0. The first-order chi connectivity index (χ1) is 14.6. The van der Waals surface area contributed by atoms with Gasteiger partial charge >= 0.3 is 6.61 Å². The van der Waals surface area contributed by atoms with E-state index in [1.165, 1.54) is 12.5 Å². The predicted octanol–water partition coefficient (Wildman–Crippen LogP) is 4.14. The summed E-state index contributed by atoms with van der Waals surface area (Å²) in [6, 6.07) is 6.80. The molecule has 0 radical (unpaired) electrons. The van der Waals surface area contributed by atoms with Crippen molar-refractivity contribution in [1.29, 1.82) is 0 Å². The molecule has 1 unspecified atom stereocenters. The monoisotopic (exact) mass is 550 g/mol. The molecule has 1 heterocycles. The number of hydrogen-bond donors (Lipinski definition) is 2. The highest BCUT2D eigenvalue weighted by molar-refractivity contribution is 14.0. The van der Waals surface area contributed by atoms with Crippen LogP contribution in [0.2, 0.25) is 0 Å². The van der Waals surface area contributed by atoms with E-state index in [4.69, 9.17) is 0 Å². The van der Waals surface area contributed by atoms with Crippen LogP contribution in [0.3, 0.4) is 0 Å². The average Bonchev–Trinajstić information content (AvgIpc) is 3.21. The second-order valence-corrected chi connectivity index (χ2v) is 7.93.